The Balaban J connectivity index is 3.35. The predicted octanol–water partition coefficient (Wildman–Crippen LogP) is -5.13. The van der Waals surface area contributed by atoms with Gasteiger partial charge in [0.25, 0.3) is 0 Å². The highest BCUT2D eigenvalue weighted by atomic mass is 16.6. The van der Waals surface area contributed by atoms with Crippen LogP contribution >= 0.6 is 0 Å². The fourth-order valence-electron chi connectivity index (χ4n) is 2.46. The molecule has 0 aromatic rings. The quantitative estimate of drug-likeness (QED) is 0.0423. The van der Waals surface area contributed by atoms with E-state index in [0.29, 0.717) is 39.6 Å². The summed E-state index contributed by atoms with van der Waals surface area (Å²) in [6.45, 7) is 1.52. The standard InChI is InChI=1S/C22H40N6O12/c29-17(11-23-15-21(33)34)27-13-19(31)25-1-3-37-5-7-39-9-10-40-8-6-38-4-2-26-20(32)14-28-18(30)12-24-16-22(35)36/h23-24H,1-16H2,(H,25,31)(H,26,32)(H,27,29)(H,28,30)(H,33,34)(H,35,36). The van der Waals surface area contributed by atoms with E-state index in [0.717, 1.165) is 0 Å². The summed E-state index contributed by atoms with van der Waals surface area (Å²) in [5.41, 5.74) is 0. The molecule has 0 unspecified atom stereocenters. The monoisotopic (exact) mass is 580 g/mol. The van der Waals surface area contributed by atoms with Crippen LogP contribution in [-0.4, -0.2) is 151 Å². The number of carboxylic acids is 2. The number of hydrogen-bond donors (Lipinski definition) is 8. The van der Waals surface area contributed by atoms with Gasteiger partial charge in [0.15, 0.2) is 0 Å². The van der Waals surface area contributed by atoms with Gasteiger partial charge in [-0.25, -0.2) is 0 Å². The van der Waals surface area contributed by atoms with Crippen LogP contribution in [0, 0.1) is 0 Å². The van der Waals surface area contributed by atoms with Crippen molar-refractivity contribution in [2.75, 3.05) is 105 Å². The second-order valence-corrected chi connectivity index (χ2v) is 7.70. The SMILES string of the molecule is O=C(O)CNCC(=O)NCC(=O)NCCOCCOCCOCCOCCNC(=O)CNC(=O)CNCC(=O)O. The predicted molar refractivity (Wildman–Crippen MR) is 136 cm³/mol. The molecule has 4 amide bonds. The van der Waals surface area contributed by atoms with Crippen LogP contribution in [0.4, 0.5) is 0 Å². The van der Waals surface area contributed by atoms with Gasteiger partial charge in [0.05, 0.1) is 92.1 Å². The van der Waals surface area contributed by atoms with Crippen LogP contribution in [0.5, 0.6) is 0 Å². The molecule has 0 aromatic heterocycles. The number of carboxylic acid groups (broad SMARTS) is 2. The highest BCUT2D eigenvalue weighted by molar-refractivity contribution is 5.86. The van der Waals surface area contributed by atoms with E-state index in [1.165, 1.54) is 0 Å². The molecular formula is C22H40N6O12. The lowest BCUT2D eigenvalue weighted by molar-refractivity contribution is -0.137. The molecule has 0 aliphatic rings. The summed E-state index contributed by atoms with van der Waals surface area (Å²) < 4.78 is 21.3. The van der Waals surface area contributed by atoms with Crippen LogP contribution in [0.2, 0.25) is 0 Å². The molecule has 0 saturated heterocycles. The maximum atomic E-state index is 11.6. The number of carbonyl (C=O) groups excluding carboxylic acids is 4. The summed E-state index contributed by atoms with van der Waals surface area (Å²) in [4.78, 5) is 66.6. The van der Waals surface area contributed by atoms with Gasteiger partial charge in [-0.2, -0.15) is 0 Å². The van der Waals surface area contributed by atoms with Crippen molar-refractivity contribution in [1.82, 2.24) is 31.9 Å². The first-order chi connectivity index (χ1) is 19.2. The van der Waals surface area contributed by atoms with E-state index in [1.54, 1.807) is 0 Å². The highest BCUT2D eigenvalue weighted by Crippen LogP contribution is 1.83. The number of amides is 4. The summed E-state index contributed by atoms with van der Waals surface area (Å²) in [6, 6.07) is 0. The van der Waals surface area contributed by atoms with E-state index in [4.69, 9.17) is 29.2 Å². The molecule has 0 fully saturated rings. The molecule has 18 nitrogen and oxygen atoms in total. The van der Waals surface area contributed by atoms with Crippen LogP contribution in [0.15, 0.2) is 0 Å². The summed E-state index contributed by atoms with van der Waals surface area (Å²) in [7, 11) is 0. The zero-order valence-electron chi connectivity index (χ0n) is 22.3. The van der Waals surface area contributed by atoms with Gasteiger partial charge < -0.3 is 50.4 Å². The molecule has 0 heterocycles. The minimum absolute atomic E-state index is 0.201. The lowest BCUT2D eigenvalue weighted by Crippen LogP contribution is -2.42. The molecule has 0 radical (unpaired) electrons. The highest BCUT2D eigenvalue weighted by Gasteiger charge is 2.07. The molecule has 0 aromatic carbocycles. The molecule has 0 atom stereocenters. The molecule has 230 valence electrons. The van der Waals surface area contributed by atoms with E-state index in [-0.39, 0.29) is 65.6 Å². The number of nitrogens with one attached hydrogen (secondary N) is 6. The van der Waals surface area contributed by atoms with Crippen molar-refractivity contribution >= 4 is 35.6 Å². The third kappa shape index (κ3) is 27.6. The molecule has 0 spiro atoms. The molecule has 8 N–H and O–H groups in total. The number of rotatable bonds is 27. The molecule has 0 bridgehead atoms. The third-order valence-electron chi connectivity index (χ3n) is 4.27. The minimum Gasteiger partial charge on any atom is -0.480 e. The van der Waals surface area contributed by atoms with Crippen molar-refractivity contribution in [3.05, 3.63) is 0 Å². The first kappa shape index (κ1) is 36.6. The average molecular weight is 581 g/mol. The first-order valence-corrected chi connectivity index (χ1v) is 12.4. The molecular weight excluding hydrogens is 540 g/mol. The lowest BCUT2D eigenvalue weighted by atomic mass is 10.5. The number of hydrogen-bond acceptors (Lipinski definition) is 12. The Labute approximate surface area is 231 Å². The summed E-state index contributed by atoms with van der Waals surface area (Å²) in [5.74, 6) is -3.95. The van der Waals surface area contributed by atoms with Crippen molar-refractivity contribution in [2.45, 2.75) is 0 Å². The molecule has 0 aliphatic carbocycles. The molecule has 0 aliphatic heterocycles. The van der Waals surface area contributed by atoms with E-state index in [2.05, 4.69) is 31.9 Å². The Morgan fingerprint density at radius 3 is 1.02 bits per heavy atom. The number of ether oxygens (including phenoxy) is 4. The molecule has 40 heavy (non-hydrogen) atoms. The van der Waals surface area contributed by atoms with Gasteiger partial charge in [-0.3, -0.25) is 39.4 Å². The van der Waals surface area contributed by atoms with Gasteiger partial charge in [0, 0.05) is 13.1 Å². The van der Waals surface area contributed by atoms with Crippen molar-refractivity contribution in [1.29, 1.82) is 0 Å². The second-order valence-electron chi connectivity index (χ2n) is 7.70. The smallest absolute Gasteiger partial charge is 0.317 e. The number of carbonyl (C=O) groups is 6. The Morgan fingerprint density at radius 2 is 0.700 bits per heavy atom. The Kier molecular flexibility index (Phi) is 23.6. The van der Waals surface area contributed by atoms with Gasteiger partial charge in [-0.15, -0.1) is 0 Å². The minimum atomic E-state index is -1.08. The van der Waals surface area contributed by atoms with Gasteiger partial charge in [-0.1, -0.05) is 0 Å². The normalized spacial score (nSPS) is 10.5. The van der Waals surface area contributed by atoms with Crippen LogP contribution in [0.25, 0.3) is 0 Å². The summed E-state index contributed by atoms with van der Waals surface area (Å²) >= 11 is 0. The van der Waals surface area contributed by atoms with Crippen molar-refractivity contribution < 1.29 is 57.9 Å². The van der Waals surface area contributed by atoms with E-state index in [9.17, 15) is 28.8 Å². The second kappa shape index (κ2) is 25.8. The third-order valence-corrected chi connectivity index (χ3v) is 4.27. The Bertz CT molecular complexity index is 709. The maximum absolute atomic E-state index is 11.6. The van der Waals surface area contributed by atoms with E-state index < -0.39 is 35.6 Å². The molecule has 0 rings (SSSR count). The van der Waals surface area contributed by atoms with Crippen molar-refractivity contribution in [2.24, 2.45) is 0 Å². The van der Waals surface area contributed by atoms with Gasteiger partial charge >= 0.3 is 11.9 Å². The zero-order valence-corrected chi connectivity index (χ0v) is 22.3. The fourth-order valence-corrected chi connectivity index (χ4v) is 2.46. The average Bonchev–Trinajstić information content (AvgIpc) is 2.90. The number of aliphatic carboxylic acids is 2. The van der Waals surface area contributed by atoms with E-state index in [1.807, 2.05) is 0 Å². The van der Waals surface area contributed by atoms with Gasteiger partial charge in [0.2, 0.25) is 23.6 Å². The summed E-state index contributed by atoms with van der Waals surface area (Å²) in [6.07, 6.45) is 0. The van der Waals surface area contributed by atoms with Crippen LogP contribution in [-0.2, 0) is 47.7 Å². The van der Waals surface area contributed by atoms with Crippen LogP contribution in [0.1, 0.15) is 0 Å². The zero-order chi connectivity index (χ0) is 29.8. The van der Waals surface area contributed by atoms with Gasteiger partial charge in [0.1, 0.15) is 0 Å². The van der Waals surface area contributed by atoms with E-state index >= 15 is 0 Å². The lowest BCUT2D eigenvalue weighted by Gasteiger charge is -2.09. The summed E-state index contributed by atoms with van der Waals surface area (Å²) in [5, 5.41) is 31.5. The maximum Gasteiger partial charge on any atom is 0.317 e. The molecule has 0 saturated carbocycles. The van der Waals surface area contributed by atoms with Crippen molar-refractivity contribution in [3.8, 4) is 0 Å². The first-order valence-electron chi connectivity index (χ1n) is 12.4. The van der Waals surface area contributed by atoms with Gasteiger partial charge in [-0.05, 0) is 0 Å². The van der Waals surface area contributed by atoms with Crippen LogP contribution < -0.4 is 31.9 Å². The Hall–Kier alpha value is -3.42. The molecule has 18 heteroatoms. The fraction of sp³-hybridized carbons (Fsp3) is 0.727. The van der Waals surface area contributed by atoms with Crippen molar-refractivity contribution in [3.63, 3.8) is 0 Å². The Morgan fingerprint density at radius 1 is 0.400 bits per heavy atom. The van der Waals surface area contributed by atoms with Crippen LogP contribution in [0.3, 0.4) is 0 Å². The largest absolute Gasteiger partial charge is 0.480 e. The topological polar surface area (TPSA) is 252 Å².